The summed E-state index contributed by atoms with van der Waals surface area (Å²) < 4.78 is 5.51. The first kappa shape index (κ1) is 71.3. The molecule has 0 aliphatic rings. The number of hydrogen-bond acceptors (Lipinski definition) is 5. The van der Waals surface area contributed by atoms with Crippen LogP contribution < -0.4 is 5.32 Å². The minimum atomic E-state index is -0.842. The first-order valence-electron chi connectivity index (χ1n) is 33.1. The van der Waals surface area contributed by atoms with Crippen molar-refractivity contribution in [3.05, 3.63) is 24.3 Å². The molecule has 0 saturated heterocycles. The number of aliphatic hydroxyl groups excluding tert-OH is 2. The van der Waals surface area contributed by atoms with Crippen molar-refractivity contribution in [2.75, 3.05) is 13.2 Å². The Morgan fingerprint density at radius 1 is 0.370 bits per heavy atom. The van der Waals surface area contributed by atoms with E-state index < -0.39 is 12.1 Å². The predicted molar refractivity (Wildman–Crippen MR) is 320 cm³/mol. The third-order valence-electron chi connectivity index (χ3n) is 15.5. The van der Waals surface area contributed by atoms with Crippen molar-refractivity contribution >= 4 is 11.9 Å². The summed E-state index contributed by atoms with van der Waals surface area (Å²) in [5.74, 6) is -0.0505. The Morgan fingerprint density at radius 2 is 0.644 bits per heavy atom. The van der Waals surface area contributed by atoms with Gasteiger partial charge in [-0.2, -0.15) is 0 Å². The van der Waals surface area contributed by atoms with Crippen LogP contribution in [0.25, 0.3) is 0 Å². The van der Waals surface area contributed by atoms with Gasteiger partial charge in [0.25, 0.3) is 0 Å². The Morgan fingerprint density at radius 3 is 0.973 bits per heavy atom. The molecular formula is C67H129NO5. The highest BCUT2D eigenvalue weighted by Crippen LogP contribution is 2.18. The van der Waals surface area contributed by atoms with Crippen molar-refractivity contribution in [1.82, 2.24) is 5.32 Å². The average Bonchev–Trinajstić information content (AvgIpc) is 3.39. The van der Waals surface area contributed by atoms with Crippen molar-refractivity contribution in [3.8, 4) is 0 Å². The van der Waals surface area contributed by atoms with E-state index in [9.17, 15) is 19.8 Å². The third-order valence-corrected chi connectivity index (χ3v) is 15.5. The van der Waals surface area contributed by atoms with Gasteiger partial charge in [-0.15, -0.1) is 0 Å². The SMILES string of the molecule is CCCCCCCC/C=C\CCCCCCCCCCCC(=O)OCCCCCCCCCCCCCCCCCCCCCCCCCCC(=O)NC(CO)C(O)/C=C/CCCCCCCCCCCCC. The molecule has 0 radical (unpaired) electrons. The van der Waals surface area contributed by atoms with E-state index >= 15 is 0 Å². The normalized spacial score (nSPS) is 12.7. The van der Waals surface area contributed by atoms with Crippen LogP contribution in [0.2, 0.25) is 0 Å². The smallest absolute Gasteiger partial charge is 0.305 e. The summed E-state index contributed by atoms with van der Waals surface area (Å²) in [6.07, 6.45) is 78.1. The molecule has 2 unspecified atom stereocenters. The molecule has 432 valence electrons. The summed E-state index contributed by atoms with van der Waals surface area (Å²) >= 11 is 0. The van der Waals surface area contributed by atoms with Gasteiger partial charge in [-0.25, -0.2) is 0 Å². The number of rotatable bonds is 62. The fourth-order valence-electron chi connectivity index (χ4n) is 10.4. The van der Waals surface area contributed by atoms with Crippen molar-refractivity contribution in [1.29, 1.82) is 0 Å². The zero-order valence-corrected chi connectivity index (χ0v) is 49.4. The summed E-state index contributed by atoms with van der Waals surface area (Å²) in [4.78, 5) is 24.6. The van der Waals surface area contributed by atoms with Gasteiger partial charge in [-0.05, 0) is 57.8 Å². The van der Waals surface area contributed by atoms with Crippen molar-refractivity contribution in [3.63, 3.8) is 0 Å². The summed E-state index contributed by atoms with van der Waals surface area (Å²) in [6.45, 7) is 4.92. The molecule has 0 fully saturated rings. The quantitative estimate of drug-likeness (QED) is 0.0320. The van der Waals surface area contributed by atoms with Gasteiger partial charge in [0, 0.05) is 12.8 Å². The van der Waals surface area contributed by atoms with E-state index in [4.69, 9.17) is 4.74 Å². The molecule has 0 saturated carbocycles. The summed E-state index contributed by atoms with van der Waals surface area (Å²) in [5, 5.41) is 23.1. The number of amides is 1. The molecule has 0 aromatic carbocycles. The minimum Gasteiger partial charge on any atom is -0.466 e. The van der Waals surface area contributed by atoms with Crippen molar-refractivity contribution in [2.45, 2.75) is 379 Å². The zero-order valence-electron chi connectivity index (χ0n) is 49.4. The van der Waals surface area contributed by atoms with E-state index in [1.54, 1.807) is 6.08 Å². The maximum atomic E-state index is 12.5. The first-order chi connectivity index (χ1) is 36.0. The van der Waals surface area contributed by atoms with Crippen molar-refractivity contribution < 1.29 is 24.5 Å². The van der Waals surface area contributed by atoms with Gasteiger partial charge in [0.1, 0.15) is 0 Å². The molecule has 0 aliphatic carbocycles. The van der Waals surface area contributed by atoms with E-state index in [1.165, 1.54) is 302 Å². The topological polar surface area (TPSA) is 95.9 Å². The van der Waals surface area contributed by atoms with Crippen LogP contribution in [-0.4, -0.2) is 47.4 Å². The van der Waals surface area contributed by atoms with Gasteiger partial charge < -0.3 is 20.3 Å². The minimum absolute atomic E-state index is 0.0150. The number of aliphatic hydroxyl groups is 2. The highest BCUT2D eigenvalue weighted by Gasteiger charge is 2.18. The number of hydrogen-bond donors (Lipinski definition) is 3. The monoisotopic (exact) mass is 1030 g/mol. The standard InChI is InChI=1S/C67H129NO5/c1-3-5-7-9-11-13-15-17-18-19-26-30-33-37-41-45-49-53-57-61-67(72)73-62-58-54-50-46-42-38-34-31-28-25-23-21-20-22-24-27-29-32-36-40-44-48-52-56-60-66(71)68-64(63-69)65(70)59-55-51-47-43-39-35-16-14-12-10-8-6-4-2/h17-18,55,59,64-65,69-70H,3-16,19-54,56-58,60-63H2,1-2H3,(H,68,71)/b18-17-,59-55+. The maximum absolute atomic E-state index is 12.5. The van der Waals surface area contributed by atoms with Crippen LogP contribution in [0.15, 0.2) is 24.3 Å². The number of allylic oxidation sites excluding steroid dienone is 3. The molecule has 2 atom stereocenters. The van der Waals surface area contributed by atoms with Crippen LogP contribution in [0.3, 0.4) is 0 Å². The molecule has 3 N–H and O–H groups in total. The Labute approximate surface area is 456 Å². The van der Waals surface area contributed by atoms with Crippen LogP contribution in [0.1, 0.15) is 367 Å². The highest BCUT2D eigenvalue weighted by atomic mass is 16.5. The summed E-state index contributed by atoms with van der Waals surface area (Å²) in [7, 11) is 0. The van der Waals surface area contributed by atoms with E-state index in [0.717, 1.165) is 38.5 Å². The van der Waals surface area contributed by atoms with E-state index in [2.05, 4.69) is 31.3 Å². The van der Waals surface area contributed by atoms with Crippen LogP contribution in [0.5, 0.6) is 0 Å². The molecule has 73 heavy (non-hydrogen) atoms. The average molecular weight is 1030 g/mol. The van der Waals surface area contributed by atoms with Gasteiger partial charge in [-0.3, -0.25) is 9.59 Å². The Balaban J connectivity index is 3.35. The Bertz CT molecular complexity index is 1140. The lowest BCUT2D eigenvalue weighted by Gasteiger charge is -2.20. The zero-order chi connectivity index (χ0) is 52.9. The first-order valence-corrected chi connectivity index (χ1v) is 33.1. The highest BCUT2D eigenvalue weighted by molar-refractivity contribution is 5.76. The number of carbonyl (C=O) groups excluding carboxylic acids is 2. The lowest BCUT2D eigenvalue weighted by atomic mass is 10.0. The molecule has 1 amide bonds. The van der Waals surface area contributed by atoms with E-state index in [-0.39, 0.29) is 18.5 Å². The number of nitrogens with one attached hydrogen (secondary N) is 1. The van der Waals surface area contributed by atoms with Crippen LogP contribution in [0, 0.1) is 0 Å². The molecule has 0 rings (SSSR count). The van der Waals surface area contributed by atoms with Crippen LogP contribution >= 0.6 is 0 Å². The third kappa shape index (κ3) is 59.4. The van der Waals surface area contributed by atoms with Gasteiger partial charge in [0.15, 0.2) is 0 Å². The lowest BCUT2D eigenvalue weighted by Crippen LogP contribution is -2.45. The second kappa shape index (κ2) is 62.9. The number of carbonyl (C=O) groups is 2. The van der Waals surface area contributed by atoms with Crippen molar-refractivity contribution in [2.24, 2.45) is 0 Å². The fraction of sp³-hybridized carbons (Fsp3) is 0.910. The molecule has 0 aromatic rings. The maximum Gasteiger partial charge on any atom is 0.305 e. The Hall–Kier alpha value is -1.66. The molecule has 0 aliphatic heterocycles. The van der Waals surface area contributed by atoms with Gasteiger partial charge in [-0.1, -0.05) is 321 Å². The molecule has 0 spiro atoms. The molecule has 6 nitrogen and oxygen atoms in total. The van der Waals surface area contributed by atoms with Gasteiger partial charge in [0.2, 0.25) is 5.91 Å². The van der Waals surface area contributed by atoms with Gasteiger partial charge >= 0.3 is 5.97 Å². The van der Waals surface area contributed by atoms with Crippen LogP contribution in [0.4, 0.5) is 0 Å². The number of esters is 1. The predicted octanol–water partition coefficient (Wildman–Crippen LogP) is 21.0. The lowest BCUT2D eigenvalue weighted by molar-refractivity contribution is -0.143. The van der Waals surface area contributed by atoms with Crippen LogP contribution in [-0.2, 0) is 14.3 Å². The number of unbranched alkanes of at least 4 members (excludes halogenated alkanes) is 49. The second-order valence-corrected chi connectivity index (χ2v) is 22.8. The Kier molecular flexibility index (Phi) is 61.4. The molecule has 0 heterocycles. The fourth-order valence-corrected chi connectivity index (χ4v) is 10.4. The largest absolute Gasteiger partial charge is 0.466 e. The summed E-state index contributed by atoms with van der Waals surface area (Å²) in [5.41, 5.74) is 0. The molecule has 6 heteroatoms. The molecule has 0 aromatic heterocycles. The van der Waals surface area contributed by atoms with E-state index in [1.807, 2.05) is 6.08 Å². The number of ether oxygens (including phenoxy) is 1. The molecular weight excluding hydrogens is 899 g/mol. The molecule has 0 bridgehead atoms. The van der Waals surface area contributed by atoms with Gasteiger partial charge in [0.05, 0.1) is 25.4 Å². The summed E-state index contributed by atoms with van der Waals surface area (Å²) in [6, 6.07) is -0.626. The van der Waals surface area contributed by atoms with E-state index in [0.29, 0.717) is 19.4 Å². The second-order valence-electron chi connectivity index (χ2n) is 22.8.